The molecule has 0 N–H and O–H groups in total. The van der Waals surface area contributed by atoms with E-state index in [-0.39, 0.29) is 0 Å². The van der Waals surface area contributed by atoms with Crippen LogP contribution in [0.4, 0.5) is 5.69 Å². The summed E-state index contributed by atoms with van der Waals surface area (Å²) in [5.74, 6) is 2.40. The van der Waals surface area contributed by atoms with E-state index in [0.29, 0.717) is 0 Å². The molecule has 0 aromatic heterocycles. The lowest BCUT2D eigenvalue weighted by atomic mass is 10.1. The van der Waals surface area contributed by atoms with Crippen molar-refractivity contribution in [2.45, 2.75) is 11.4 Å². The van der Waals surface area contributed by atoms with E-state index in [0.717, 1.165) is 54.9 Å². The number of benzene rings is 4. The van der Waals surface area contributed by atoms with E-state index in [1.54, 1.807) is 14.2 Å². The first-order valence-electron chi connectivity index (χ1n) is 12.5. The normalized spacial score (nSPS) is 13.8. The van der Waals surface area contributed by atoms with Crippen LogP contribution in [0.3, 0.4) is 0 Å². The van der Waals surface area contributed by atoms with Crippen molar-refractivity contribution >= 4 is 17.7 Å². The molecule has 5 nitrogen and oxygen atoms in total. The topological polar surface area (TPSA) is 34.2 Å². The quantitative estimate of drug-likeness (QED) is 0.230. The Morgan fingerprint density at radius 1 is 0.676 bits per heavy atom. The van der Waals surface area contributed by atoms with Gasteiger partial charge in [-0.2, -0.15) is 0 Å². The van der Waals surface area contributed by atoms with Crippen LogP contribution < -0.4 is 18.6 Å². The minimum Gasteiger partial charge on any atom is -0.493 e. The van der Waals surface area contributed by atoms with Gasteiger partial charge in [0.15, 0.2) is 11.5 Å². The number of piperazine rings is 1. The second kappa shape index (κ2) is 12.1. The van der Waals surface area contributed by atoms with E-state index in [9.17, 15) is 0 Å². The second-order valence-corrected chi connectivity index (χ2v) is 9.81. The van der Waals surface area contributed by atoms with Gasteiger partial charge in [-0.05, 0) is 65.2 Å². The molecule has 37 heavy (non-hydrogen) atoms. The Balaban J connectivity index is 1.10. The highest BCUT2D eigenvalue weighted by atomic mass is 32.2. The van der Waals surface area contributed by atoms with Crippen molar-refractivity contribution in [3.05, 3.63) is 103 Å². The third kappa shape index (κ3) is 6.40. The molecule has 1 aliphatic heterocycles. The molecule has 4 aromatic rings. The smallest absolute Gasteiger partial charge is 0.161 e. The SMILES string of the molecule is COc1ccc(CN2CCN(c3ccc(OSc4ccc(-c5ccccc5)cc4)cc3)CC2)cc1OC. The van der Waals surface area contributed by atoms with Crippen LogP contribution in [-0.4, -0.2) is 45.3 Å². The van der Waals surface area contributed by atoms with Crippen molar-refractivity contribution < 1.29 is 13.7 Å². The molecule has 0 atom stereocenters. The summed E-state index contributed by atoms with van der Waals surface area (Å²) in [5.41, 5.74) is 4.89. The average Bonchev–Trinajstić information content (AvgIpc) is 2.97. The summed E-state index contributed by atoms with van der Waals surface area (Å²) in [5, 5.41) is 0. The van der Waals surface area contributed by atoms with E-state index in [2.05, 4.69) is 94.7 Å². The molecule has 0 radical (unpaired) electrons. The molecule has 0 unspecified atom stereocenters. The number of anilines is 1. The summed E-state index contributed by atoms with van der Waals surface area (Å²) < 4.78 is 16.8. The standard InChI is InChI=1S/C31H32N2O3S/c1-34-30-17-8-24(22-31(30)35-2)23-32-18-20-33(21-19-32)27-11-13-28(14-12-27)36-37-29-15-9-26(10-16-29)25-6-4-3-5-7-25/h3-17,22H,18-21,23H2,1-2H3. The van der Waals surface area contributed by atoms with Gasteiger partial charge in [0.1, 0.15) is 5.75 Å². The number of ether oxygens (including phenoxy) is 2. The molecular weight excluding hydrogens is 480 g/mol. The predicted molar refractivity (Wildman–Crippen MR) is 152 cm³/mol. The van der Waals surface area contributed by atoms with Gasteiger partial charge in [-0.3, -0.25) is 4.90 Å². The van der Waals surface area contributed by atoms with E-state index >= 15 is 0 Å². The Bertz CT molecular complexity index is 1270. The van der Waals surface area contributed by atoms with Gasteiger partial charge in [0.2, 0.25) is 0 Å². The van der Waals surface area contributed by atoms with Crippen molar-refractivity contribution in [1.29, 1.82) is 0 Å². The van der Waals surface area contributed by atoms with E-state index in [1.165, 1.54) is 34.4 Å². The van der Waals surface area contributed by atoms with Crippen LogP contribution in [0.15, 0.2) is 102 Å². The molecule has 0 bridgehead atoms. The van der Waals surface area contributed by atoms with Gasteiger partial charge in [-0.1, -0.05) is 48.5 Å². The summed E-state index contributed by atoms with van der Waals surface area (Å²) in [6, 6.07) is 33.4. The van der Waals surface area contributed by atoms with Gasteiger partial charge >= 0.3 is 0 Å². The van der Waals surface area contributed by atoms with Gasteiger partial charge in [0.25, 0.3) is 0 Å². The van der Waals surface area contributed by atoms with Gasteiger partial charge in [-0.15, -0.1) is 0 Å². The highest BCUT2D eigenvalue weighted by molar-refractivity contribution is 7.95. The third-order valence-corrected chi connectivity index (χ3v) is 7.36. The van der Waals surface area contributed by atoms with Crippen LogP contribution in [0.1, 0.15) is 5.56 Å². The van der Waals surface area contributed by atoms with Gasteiger partial charge < -0.3 is 18.6 Å². The molecule has 5 rings (SSSR count). The van der Waals surface area contributed by atoms with Crippen LogP contribution in [0.5, 0.6) is 17.2 Å². The number of hydrogen-bond acceptors (Lipinski definition) is 6. The Hall–Kier alpha value is -3.61. The zero-order valence-electron chi connectivity index (χ0n) is 21.3. The Morgan fingerprint density at radius 3 is 2.03 bits per heavy atom. The van der Waals surface area contributed by atoms with Crippen LogP contribution >= 0.6 is 12.0 Å². The summed E-state index contributed by atoms with van der Waals surface area (Å²) in [7, 11) is 3.34. The van der Waals surface area contributed by atoms with Crippen molar-refractivity contribution in [1.82, 2.24) is 4.90 Å². The number of methoxy groups -OCH3 is 2. The maximum Gasteiger partial charge on any atom is 0.161 e. The molecular formula is C31H32N2O3S. The molecule has 1 heterocycles. The van der Waals surface area contributed by atoms with Gasteiger partial charge in [-0.25, -0.2) is 0 Å². The molecule has 0 spiro atoms. The predicted octanol–water partition coefficient (Wildman–Crippen LogP) is 6.78. The van der Waals surface area contributed by atoms with E-state index in [4.69, 9.17) is 13.7 Å². The number of rotatable bonds is 9. The molecule has 190 valence electrons. The average molecular weight is 513 g/mol. The van der Waals surface area contributed by atoms with Crippen LogP contribution in [0.2, 0.25) is 0 Å². The molecule has 0 aliphatic carbocycles. The molecule has 1 saturated heterocycles. The van der Waals surface area contributed by atoms with Crippen LogP contribution in [0.25, 0.3) is 11.1 Å². The molecule has 0 amide bonds. The maximum atomic E-state index is 5.97. The first kappa shape index (κ1) is 25.1. The van der Waals surface area contributed by atoms with E-state index < -0.39 is 0 Å². The highest BCUT2D eigenvalue weighted by Crippen LogP contribution is 2.30. The maximum absolute atomic E-state index is 5.97. The Labute approximate surface area is 223 Å². The molecule has 4 aromatic carbocycles. The Kier molecular flexibility index (Phi) is 8.18. The minimum atomic E-state index is 0.767. The fourth-order valence-electron chi connectivity index (χ4n) is 4.54. The first-order valence-corrected chi connectivity index (χ1v) is 13.2. The fraction of sp³-hybridized carbons (Fsp3) is 0.226. The summed E-state index contributed by atoms with van der Waals surface area (Å²) in [6.07, 6.45) is 0. The lowest BCUT2D eigenvalue weighted by Gasteiger charge is -2.36. The molecule has 1 aliphatic rings. The summed E-state index contributed by atoms with van der Waals surface area (Å²) in [6.45, 7) is 4.93. The van der Waals surface area contributed by atoms with Crippen molar-refractivity contribution in [3.63, 3.8) is 0 Å². The largest absolute Gasteiger partial charge is 0.493 e. The van der Waals surface area contributed by atoms with Gasteiger partial charge in [0.05, 0.1) is 26.3 Å². The van der Waals surface area contributed by atoms with Gasteiger partial charge in [0, 0.05) is 43.3 Å². The second-order valence-electron chi connectivity index (χ2n) is 9.00. The van der Waals surface area contributed by atoms with Crippen molar-refractivity contribution in [2.24, 2.45) is 0 Å². The lowest BCUT2D eigenvalue weighted by Crippen LogP contribution is -2.45. The zero-order valence-corrected chi connectivity index (χ0v) is 22.1. The first-order chi connectivity index (χ1) is 18.2. The van der Waals surface area contributed by atoms with Crippen LogP contribution in [-0.2, 0) is 6.54 Å². The molecule has 0 saturated carbocycles. The third-order valence-electron chi connectivity index (χ3n) is 6.62. The van der Waals surface area contributed by atoms with E-state index in [1.807, 2.05) is 12.1 Å². The Morgan fingerprint density at radius 2 is 1.35 bits per heavy atom. The zero-order chi connectivity index (χ0) is 25.5. The number of hydrogen-bond donors (Lipinski definition) is 0. The number of nitrogens with zero attached hydrogens (tertiary/aromatic N) is 2. The summed E-state index contributed by atoms with van der Waals surface area (Å²) >= 11 is 1.39. The highest BCUT2D eigenvalue weighted by Gasteiger charge is 2.18. The van der Waals surface area contributed by atoms with Crippen molar-refractivity contribution in [2.75, 3.05) is 45.3 Å². The lowest BCUT2D eigenvalue weighted by molar-refractivity contribution is 0.249. The summed E-state index contributed by atoms with van der Waals surface area (Å²) in [4.78, 5) is 5.99. The fourth-order valence-corrected chi connectivity index (χ4v) is 5.09. The minimum absolute atomic E-state index is 0.767. The van der Waals surface area contributed by atoms with Crippen molar-refractivity contribution in [3.8, 4) is 28.4 Å². The monoisotopic (exact) mass is 512 g/mol. The molecule has 1 fully saturated rings. The molecule has 6 heteroatoms. The van der Waals surface area contributed by atoms with Crippen LogP contribution in [0, 0.1) is 0 Å².